The lowest BCUT2D eigenvalue weighted by Gasteiger charge is -2.01. The average molecular weight is 434 g/mol. The number of halogens is 2. The highest BCUT2D eigenvalue weighted by molar-refractivity contribution is 9.10. The van der Waals surface area contributed by atoms with E-state index in [9.17, 15) is 4.79 Å². The van der Waals surface area contributed by atoms with Crippen molar-refractivity contribution < 1.29 is 26.3 Å². The molecule has 1 aromatic carbocycles. The van der Waals surface area contributed by atoms with Crippen LogP contribution >= 0.6 is 15.9 Å². The van der Waals surface area contributed by atoms with Crippen molar-refractivity contribution in [3.8, 4) is 11.1 Å². The smallest absolute Gasteiger partial charge is 0.227 e. The normalized spacial score (nSPS) is 9.96. The summed E-state index contributed by atoms with van der Waals surface area (Å²) >= 11 is 3.37. The zero-order chi connectivity index (χ0) is 15.4. The number of aromatic nitrogens is 2. The Kier molecular flexibility index (Phi) is 6.19. The van der Waals surface area contributed by atoms with Gasteiger partial charge in [0.15, 0.2) is 12.4 Å². The second kappa shape index (κ2) is 8.13. The van der Waals surface area contributed by atoms with E-state index in [1.165, 1.54) is 0 Å². The first-order chi connectivity index (χ1) is 10.7. The Morgan fingerprint density at radius 1 is 0.913 bits per heavy atom. The number of ketones is 1. The van der Waals surface area contributed by atoms with E-state index >= 15 is 0 Å². The summed E-state index contributed by atoms with van der Waals surface area (Å²) in [5.41, 5.74) is 2.94. The summed E-state index contributed by atoms with van der Waals surface area (Å²) in [6.45, 7) is 0.332. The number of carbonyl (C=O) groups is 1. The Hall–Kier alpha value is -1.85. The molecule has 0 aliphatic heterocycles. The lowest BCUT2D eigenvalue weighted by molar-refractivity contribution is -0.683. The predicted octanol–water partition coefficient (Wildman–Crippen LogP) is 0.685. The van der Waals surface area contributed by atoms with E-state index in [1.54, 1.807) is 12.4 Å². The van der Waals surface area contributed by atoms with Gasteiger partial charge in [0.25, 0.3) is 0 Å². The molecule has 0 fully saturated rings. The van der Waals surface area contributed by atoms with E-state index in [-0.39, 0.29) is 22.8 Å². The number of nitrogens with zero attached hydrogens (tertiary/aromatic N) is 2. The standard InChI is InChI=1S/C18H14BrN2O.BrH/c19-17-3-1-16(2-4-17)18(22)13-21-11-7-15(8-12-21)14-5-9-20-10-6-14;/h1-12H,13H2;1H/q+1;/p-1. The second-order valence-corrected chi connectivity index (χ2v) is 5.84. The van der Waals surface area contributed by atoms with E-state index in [4.69, 9.17) is 0 Å². The Labute approximate surface area is 153 Å². The van der Waals surface area contributed by atoms with Gasteiger partial charge in [-0.25, -0.2) is 0 Å². The number of hydrogen-bond donors (Lipinski definition) is 0. The molecule has 5 heteroatoms. The maximum absolute atomic E-state index is 12.2. The van der Waals surface area contributed by atoms with E-state index in [1.807, 2.05) is 65.5 Å². The van der Waals surface area contributed by atoms with Crippen LogP contribution in [0.25, 0.3) is 11.1 Å². The van der Waals surface area contributed by atoms with Gasteiger partial charge in [-0.2, -0.15) is 4.57 Å². The van der Waals surface area contributed by atoms with Gasteiger partial charge in [-0.3, -0.25) is 9.78 Å². The van der Waals surface area contributed by atoms with Crippen LogP contribution in [0.15, 0.2) is 77.8 Å². The van der Waals surface area contributed by atoms with E-state index in [2.05, 4.69) is 20.9 Å². The van der Waals surface area contributed by atoms with Crippen LogP contribution in [0.3, 0.4) is 0 Å². The maximum Gasteiger partial charge on any atom is 0.227 e. The summed E-state index contributed by atoms with van der Waals surface area (Å²) < 4.78 is 2.85. The molecule has 0 saturated carbocycles. The summed E-state index contributed by atoms with van der Waals surface area (Å²) in [6.07, 6.45) is 7.39. The first kappa shape index (κ1) is 17.5. The minimum absolute atomic E-state index is 0. The van der Waals surface area contributed by atoms with Crippen molar-refractivity contribution in [1.82, 2.24) is 4.98 Å². The zero-order valence-corrected chi connectivity index (χ0v) is 15.4. The van der Waals surface area contributed by atoms with E-state index in [0.29, 0.717) is 12.1 Å². The molecule has 3 aromatic rings. The Balaban J connectivity index is 0.00000192. The highest BCUT2D eigenvalue weighted by Gasteiger charge is 2.12. The Bertz CT molecular complexity index is 772. The molecule has 0 unspecified atom stereocenters. The van der Waals surface area contributed by atoms with Crippen molar-refractivity contribution in [3.63, 3.8) is 0 Å². The molecule has 0 aliphatic rings. The monoisotopic (exact) mass is 432 g/mol. The molecule has 0 saturated heterocycles. The molecule has 0 amide bonds. The van der Waals surface area contributed by atoms with Gasteiger partial charge in [0.05, 0.1) is 0 Å². The third kappa shape index (κ3) is 4.56. The van der Waals surface area contributed by atoms with Crippen molar-refractivity contribution >= 4 is 21.7 Å². The van der Waals surface area contributed by atoms with Gasteiger partial charge in [-0.1, -0.05) is 28.1 Å². The molecule has 0 bridgehead atoms. The highest BCUT2D eigenvalue weighted by Crippen LogP contribution is 2.16. The van der Waals surface area contributed by atoms with Crippen LogP contribution in [-0.2, 0) is 6.54 Å². The molecule has 0 spiro atoms. The fraction of sp³-hybridized carbons (Fsp3) is 0.0556. The lowest BCUT2D eigenvalue weighted by atomic mass is 10.1. The highest BCUT2D eigenvalue weighted by atomic mass is 79.9. The minimum Gasteiger partial charge on any atom is -1.00 e. The minimum atomic E-state index is 0. The first-order valence-electron chi connectivity index (χ1n) is 6.91. The molecule has 3 nitrogen and oxygen atoms in total. The molecule has 0 radical (unpaired) electrons. The largest absolute Gasteiger partial charge is 1.00 e. The number of rotatable bonds is 4. The predicted molar refractivity (Wildman–Crippen MR) is 88.3 cm³/mol. The summed E-state index contributed by atoms with van der Waals surface area (Å²) in [4.78, 5) is 16.3. The van der Waals surface area contributed by atoms with Crippen LogP contribution in [0.5, 0.6) is 0 Å². The van der Waals surface area contributed by atoms with E-state index in [0.717, 1.165) is 15.6 Å². The van der Waals surface area contributed by atoms with Gasteiger partial charge in [0.2, 0.25) is 12.3 Å². The third-order valence-corrected chi connectivity index (χ3v) is 3.93. The molecule has 23 heavy (non-hydrogen) atoms. The van der Waals surface area contributed by atoms with Crippen LogP contribution in [0.1, 0.15) is 10.4 Å². The fourth-order valence-corrected chi connectivity index (χ4v) is 2.46. The van der Waals surface area contributed by atoms with Gasteiger partial charge < -0.3 is 17.0 Å². The fourth-order valence-electron chi connectivity index (χ4n) is 2.19. The third-order valence-electron chi connectivity index (χ3n) is 3.40. The zero-order valence-electron chi connectivity index (χ0n) is 12.2. The van der Waals surface area contributed by atoms with Crippen LogP contribution in [-0.4, -0.2) is 10.8 Å². The number of Topliss-reactive ketones (excluding diaryl/α,β-unsaturated/α-hetero) is 1. The molecule has 2 aromatic heterocycles. The van der Waals surface area contributed by atoms with Crippen molar-refractivity contribution in [2.24, 2.45) is 0 Å². The number of pyridine rings is 2. The van der Waals surface area contributed by atoms with Gasteiger partial charge in [-0.05, 0) is 35.4 Å². The quantitative estimate of drug-likeness (QED) is 0.448. The Morgan fingerprint density at radius 3 is 2.09 bits per heavy atom. The topological polar surface area (TPSA) is 33.8 Å². The van der Waals surface area contributed by atoms with Crippen LogP contribution in [0, 0.1) is 0 Å². The first-order valence-corrected chi connectivity index (χ1v) is 7.70. The molecule has 0 atom stereocenters. The summed E-state index contributed by atoms with van der Waals surface area (Å²) in [5, 5.41) is 0. The molecule has 2 heterocycles. The lowest BCUT2D eigenvalue weighted by Crippen LogP contribution is -3.00. The number of carbonyl (C=O) groups excluding carboxylic acids is 1. The van der Waals surface area contributed by atoms with Gasteiger partial charge in [0.1, 0.15) is 0 Å². The van der Waals surface area contributed by atoms with Gasteiger partial charge in [-0.15, -0.1) is 0 Å². The van der Waals surface area contributed by atoms with Crippen molar-refractivity contribution in [2.45, 2.75) is 6.54 Å². The summed E-state index contributed by atoms with van der Waals surface area (Å²) in [6, 6.07) is 15.4. The van der Waals surface area contributed by atoms with Crippen LogP contribution in [0.4, 0.5) is 0 Å². The molecular weight excluding hydrogens is 420 g/mol. The molecule has 116 valence electrons. The SMILES string of the molecule is O=C(C[n+]1ccc(-c2ccncc2)cc1)c1ccc(Br)cc1.[Br-]. The van der Waals surface area contributed by atoms with Gasteiger partial charge in [0, 0.05) is 34.6 Å². The number of hydrogen-bond acceptors (Lipinski definition) is 2. The van der Waals surface area contributed by atoms with Crippen LogP contribution < -0.4 is 21.5 Å². The van der Waals surface area contributed by atoms with Crippen molar-refractivity contribution in [2.75, 3.05) is 0 Å². The second-order valence-electron chi connectivity index (χ2n) is 4.93. The molecule has 3 rings (SSSR count). The van der Waals surface area contributed by atoms with E-state index < -0.39 is 0 Å². The number of benzene rings is 1. The molecule has 0 N–H and O–H groups in total. The van der Waals surface area contributed by atoms with Crippen LogP contribution in [0.2, 0.25) is 0 Å². The van der Waals surface area contributed by atoms with Crippen molar-refractivity contribution in [1.29, 1.82) is 0 Å². The maximum atomic E-state index is 12.2. The summed E-state index contributed by atoms with van der Waals surface area (Å²) in [7, 11) is 0. The molecule has 0 aliphatic carbocycles. The van der Waals surface area contributed by atoms with Gasteiger partial charge >= 0.3 is 0 Å². The summed E-state index contributed by atoms with van der Waals surface area (Å²) in [5.74, 6) is 0.0918. The molecular formula is C18H14Br2N2O. The van der Waals surface area contributed by atoms with Crippen molar-refractivity contribution in [3.05, 3.63) is 83.4 Å². The Morgan fingerprint density at radius 2 is 1.48 bits per heavy atom. The average Bonchev–Trinajstić information content (AvgIpc) is 2.57.